The quantitative estimate of drug-likeness (QED) is 0.332. The second kappa shape index (κ2) is 17.1. The third kappa shape index (κ3) is 19.8. The molecule has 0 saturated heterocycles. The predicted octanol–water partition coefficient (Wildman–Crippen LogP) is 0.238. The standard InChI is InChI=1S/C17H36O8/c1-17(2,3)25-13-11-21-8-9-23-15-16(14-22-7-5-19)24-12-10-20-6-4-18/h16,18-19H,4-15H2,1-3H3. The highest BCUT2D eigenvalue weighted by atomic mass is 16.6. The van der Waals surface area contributed by atoms with Gasteiger partial charge in [-0.25, -0.2) is 0 Å². The summed E-state index contributed by atoms with van der Waals surface area (Å²) >= 11 is 0. The van der Waals surface area contributed by atoms with E-state index in [9.17, 15) is 0 Å². The van der Waals surface area contributed by atoms with Gasteiger partial charge in [-0.05, 0) is 20.8 Å². The molecule has 0 spiro atoms. The summed E-state index contributed by atoms with van der Waals surface area (Å²) in [6, 6.07) is 0. The van der Waals surface area contributed by atoms with Crippen LogP contribution in [-0.2, 0) is 28.4 Å². The van der Waals surface area contributed by atoms with Crippen LogP contribution in [-0.4, -0.2) is 101 Å². The van der Waals surface area contributed by atoms with E-state index >= 15 is 0 Å². The smallest absolute Gasteiger partial charge is 0.104 e. The Morgan fingerprint density at radius 3 is 1.76 bits per heavy atom. The van der Waals surface area contributed by atoms with Crippen molar-refractivity contribution >= 4 is 0 Å². The lowest BCUT2D eigenvalue weighted by Crippen LogP contribution is -2.29. The lowest BCUT2D eigenvalue weighted by molar-refractivity contribution is -0.0852. The number of hydrogen-bond acceptors (Lipinski definition) is 8. The van der Waals surface area contributed by atoms with Crippen molar-refractivity contribution in [3.8, 4) is 0 Å². The molecule has 0 aromatic rings. The molecule has 0 aromatic carbocycles. The van der Waals surface area contributed by atoms with Crippen molar-refractivity contribution in [2.75, 3.05) is 79.3 Å². The number of aliphatic hydroxyl groups excluding tert-OH is 2. The summed E-state index contributed by atoms with van der Waals surface area (Å²) in [6.07, 6.45) is -0.242. The molecule has 0 amide bonds. The highest BCUT2D eigenvalue weighted by Crippen LogP contribution is 2.05. The van der Waals surface area contributed by atoms with Crippen LogP contribution in [0.25, 0.3) is 0 Å². The second-order valence-electron chi connectivity index (χ2n) is 6.28. The zero-order valence-corrected chi connectivity index (χ0v) is 15.9. The molecule has 0 heterocycles. The van der Waals surface area contributed by atoms with Crippen molar-refractivity contribution < 1.29 is 38.6 Å². The van der Waals surface area contributed by atoms with E-state index < -0.39 is 0 Å². The van der Waals surface area contributed by atoms with Gasteiger partial charge in [0.2, 0.25) is 0 Å². The number of rotatable bonds is 18. The van der Waals surface area contributed by atoms with Crippen molar-refractivity contribution in [2.45, 2.75) is 32.5 Å². The molecule has 0 bridgehead atoms. The maximum Gasteiger partial charge on any atom is 0.104 e. The van der Waals surface area contributed by atoms with E-state index in [1.807, 2.05) is 20.8 Å². The molecule has 152 valence electrons. The topological polar surface area (TPSA) is 95.8 Å². The fourth-order valence-electron chi connectivity index (χ4n) is 1.71. The van der Waals surface area contributed by atoms with Crippen LogP contribution in [0.2, 0.25) is 0 Å². The second-order valence-corrected chi connectivity index (χ2v) is 6.28. The van der Waals surface area contributed by atoms with Gasteiger partial charge >= 0.3 is 0 Å². The minimum Gasteiger partial charge on any atom is -0.394 e. The van der Waals surface area contributed by atoms with Crippen molar-refractivity contribution in [1.82, 2.24) is 0 Å². The third-order valence-electron chi connectivity index (χ3n) is 2.79. The van der Waals surface area contributed by atoms with Crippen LogP contribution in [0.5, 0.6) is 0 Å². The molecule has 0 saturated carbocycles. The van der Waals surface area contributed by atoms with E-state index in [4.69, 9.17) is 38.6 Å². The molecule has 25 heavy (non-hydrogen) atoms. The summed E-state index contributed by atoms with van der Waals surface area (Å²) < 4.78 is 32.6. The van der Waals surface area contributed by atoms with Gasteiger partial charge in [-0.15, -0.1) is 0 Å². The van der Waals surface area contributed by atoms with Crippen LogP contribution in [0, 0.1) is 0 Å². The minimum absolute atomic E-state index is 0.00700. The summed E-state index contributed by atoms with van der Waals surface area (Å²) in [6.45, 7) is 10.0. The summed E-state index contributed by atoms with van der Waals surface area (Å²) in [5, 5.41) is 17.4. The fraction of sp³-hybridized carbons (Fsp3) is 1.00. The molecule has 0 aliphatic rings. The summed E-state index contributed by atoms with van der Waals surface area (Å²) in [7, 11) is 0. The molecule has 1 unspecified atom stereocenters. The molecule has 0 rings (SSSR count). The number of aliphatic hydroxyl groups is 2. The Hall–Kier alpha value is -0.320. The first-order valence-electron chi connectivity index (χ1n) is 8.78. The van der Waals surface area contributed by atoms with Crippen molar-refractivity contribution in [3.63, 3.8) is 0 Å². The van der Waals surface area contributed by atoms with Crippen LogP contribution in [0.3, 0.4) is 0 Å². The monoisotopic (exact) mass is 368 g/mol. The molecule has 2 N–H and O–H groups in total. The summed E-state index contributed by atoms with van der Waals surface area (Å²) in [5.41, 5.74) is -0.153. The van der Waals surface area contributed by atoms with Crippen LogP contribution >= 0.6 is 0 Å². The maximum absolute atomic E-state index is 8.75. The van der Waals surface area contributed by atoms with Gasteiger partial charge in [0.1, 0.15) is 6.10 Å². The normalized spacial score (nSPS) is 13.3. The third-order valence-corrected chi connectivity index (χ3v) is 2.79. The largest absolute Gasteiger partial charge is 0.394 e. The predicted molar refractivity (Wildman–Crippen MR) is 92.9 cm³/mol. The zero-order chi connectivity index (χ0) is 18.8. The summed E-state index contributed by atoms with van der Waals surface area (Å²) in [5.74, 6) is 0. The van der Waals surface area contributed by atoms with Crippen molar-refractivity contribution in [3.05, 3.63) is 0 Å². The average Bonchev–Trinajstić information content (AvgIpc) is 2.55. The van der Waals surface area contributed by atoms with Gasteiger partial charge in [0.15, 0.2) is 0 Å². The Kier molecular flexibility index (Phi) is 16.9. The highest BCUT2D eigenvalue weighted by molar-refractivity contribution is 4.58. The van der Waals surface area contributed by atoms with Crippen molar-refractivity contribution in [1.29, 1.82) is 0 Å². The molecule has 0 radical (unpaired) electrons. The highest BCUT2D eigenvalue weighted by Gasteiger charge is 2.11. The lowest BCUT2D eigenvalue weighted by Gasteiger charge is -2.19. The molecule has 1 atom stereocenters. The van der Waals surface area contributed by atoms with Gasteiger partial charge in [-0.1, -0.05) is 0 Å². The van der Waals surface area contributed by atoms with Gasteiger partial charge in [0, 0.05) is 0 Å². The Balaban J connectivity index is 3.67. The summed E-state index contributed by atoms with van der Waals surface area (Å²) in [4.78, 5) is 0. The van der Waals surface area contributed by atoms with Crippen LogP contribution < -0.4 is 0 Å². The Morgan fingerprint density at radius 2 is 1.12 bits per heavy atom. The number of hydrogen-bond donors (Lipinski definition) is 2. The lowest BCUT2D eigenvalue weighted by atomic mass is 10.2. The number of ether oxygens (including phenoxy) is 6. The van der Waals surface area contributed by atoms with Gasteiger partial charge in [0.25, 0.3) is 0 Å². The SMILES string of the molecule is CC(C)(C)OCCOCCOCC(COCCO)OCCOCCO. The maximum atomic E-state index is 8.75. The molecule has 0 fully saturated rings. The van der Waals surface area contributed by atoms with E-state index in [2.05, 4.69) is 0 Å². The average molecular weight is 368 g/mol. The van der Waals surface area contributed by atoms with Gasteiger partial charge in [-0.3, -0.25) is 0 Å². The van der Waals surface area contributed by atoms with Crippen LogP contribution in [0.15, 0.2) is 0 Å². The molecular weight excluding hydrogens is 332 g/mol. The first kappa shape index (κ1) is 24.7. The van der Waals surface area contributed by atoms with E-state index in [0.717, 1.165) is 0 Å². The van der Waals surface area contributed by atoms with Gasteiger partial charge < -0.3 is 38.6 Å². The Morgan fingerprint density at radius 1 is 0.640 bits per heavy atom. The zero-order valence-electron chi connectivity index (χ0n) is 15.9. The molecule has 0 aliphatic carbocycles. The van der Waals surface area contributed by atoms with E-state index in [0.29, 0.717) is 59.5 Å². The molecule has 0 aromatic heterocycles. The van der Waals surface area contributed by atoms with E-state index in [1.165, 1.54) is 0 Å². The van der Waals surface area contributed by atoms with E-state index in [-0.39, 0.29) is 31.5 Å². The first-order valence-corrected chi connectivity index (χ1v) is 8.78. The Bertz CT molecular complexity index is 270. The molecule has 8 heteroatoms. The van der Waals surface area contributed by atoms with Gasteiger partial charge in [-0.2, -0.15) is 0 Å². The molecule has 0 aliphatic heterocycles. The fourth-order valence-corrected chi connectivity index (χ4v) is 1.71. The molecular formula is C17H36O8. The van der Waals surface area contributed by atoms with Gasteiger partial charge in [0.05, 0.1) is 84.9 Å². The van der Waals surface area contributed by atoms with Crippen molar-refractivity contribution in [2.24, 2.45) is 0 Å². The van der Waals surface area contributed by atoms with Crippen LogP contribution in [0.4, 0.5) is 0 Å². The Labute approximate surface area is 151 Å². The van der Waals surface area contributed by atoms with E-state index in [1.54, 1.807) is 0 Å². The van der Waals surface area contributed by atoms with Crippen LogP contribution in [0.1, 0.15) is 20.8 Å². The minimum atomic E-state index is -0.242. The first-order chi connectivity index (χ1) is 12.0. The molecule has 8 nitrogen and oxygen atoms in total.